The minimum absolute atomic E-state index is 0.00483. The third-order valence-electron chi connectivity index (χ3n) is 5.20. The SMILES string of the molecule is COc1ccc(N2C[C@@H](NC(=O)N3CCC(C)CC3)CC2=O)cc1OC. The van der Waals surface area contributed by atoms with Crippen LogP contribution < -0.4 is 19.7 Å². The summed E-state index contributed by atoms with van der Waals surface area (Å²) in [5.74, 6) is 1.86. The zero-order valence-electron chi connectivity index (χ0n) is 15.7. The normalized spacial score (nSPS) is 21.0. The van der Waals surface area contributed by atoms with E-state index in [-0.39, 0.29) is 18.0 Å². The topological polar surface area (TPSA) is 71.1 Å². The van der Waals surface area contributed by atoms with Crippen LogP contribution in [0.15, 0.2) is 18.2 Å². The van der Waals surface area contributed by atoms with Gasteiger partial charge in [0.25, 0.3) is 0 Å². The van der Waals surface area contributed by atoms with Gasteiger partial charge in [0.2, 0.25) is 5.91 Å². The third kappa shape index (κ3) is 3.86. The van der Waals surface area contributed by atoms with Crippen LogP contribution in [0.25, 0.3) is 0 Å². The van der Waals surface area contributed by atoms with Crippen LogP contribution in [0.3, 0.4) is 0 Å². The van der Waals surface area contributed by atoms with Crippen molar-refractivity contribution >= 4 is 17.6 Å². The van der Waals surface area contributed by atoms with E-state index in [2.05, 4.69) is 12.2 Å². The number of anilines is 1. The molecule has 7 nitrogen and oxygen atoms in total. The Hall–Kier alpha value is -2.44. The van der Waals surface area contributed by atoms with Crippen LogP contribution in [0, 0.1) is 5.92 Å². The van der Waals surface area contributed by atoms with Gasteiger partial charge in [0.1, 0.15) is 0 Å². The van der Waals surface area contributed by atoms with Crippen molar-refractivity contribution in [3.8, 4) is 11.5 Å². The van der Waals surface area contributed by atoms with E-state index in [4.69, 9.17) is 9.47 Å². The molecule has 2 aliphatic heterocycles. The number of methoxy groups -OCH3 is 2. The Morgan fingerprint density at radius 1 is 1.15 bits per heavy atom. The van der Waals surface area contributed by atoms with Crippen LogP contribution in [0.1, 0.15) is 26.2 Å². The van der Waals surface area contributed by atoms with Crippen molar-refractivity contribution < 1.29 is 19.1 Å². The number of hydrogen-bond acceptors (Lipinski definition) is 4. The maximum absolute atomic E-state index is 12.4. The lowest BCUT2D eigenvalue weighted by Crippen LogP contribution is -2.48. The van der Waals surface area contributed by atoms with Crippen LogP contribution in [0.2, 0.25) is 0 Å². The number of ether oxygens (including phenoxy) is 2. The Morgan fingerprint density at radius 2 is 1.85 bits per heavy atom. The molecule has 0 spiro atoms. The summed E-state index contributed by atoms with van der Waals surface area (Å²) in [6.45, 7) is 4.25. The van der Waals surface area contributed by atoms with Gasteiger partial charge in [0.15, 0.2) is 11.5 Å². The molecule has 0 bridgehead atoms. The van der Waals surface area contributed by atoms with Crippen molar-refractivity contribution in [3.05, 3.63) is 18.2 Å². The van der Waals surface area contributed by atoms with Gasteiger partial charge in [0, 0.05) is 37.8 Å². The highest BCUT2D eigenvalue weighted by molar-refractivity contribution is 5.97. The lowest BCUT2D eigenvalue weighted by atomic mass is 10.00. The van der Waals surface area contributed by atoms with E-state index in [1.807, 2.05) is 11.0 Å². The maximum Gasteiger partial charge on any atom is 0.317 e. The number of nitrogens with one attached hydrogen (secondary N) is 1. The molecule has 0 unspecified atom stereocenters. The summed E-state index contributed by atoms with van der Waals surface area (Å²) in [5, 5.41) is 3.01. The summed E-state index contributed by atoms with van der Waals surface area (Å²) >= 11 is 0. The molecule has 26 heavy (non-hydrogen) atoms. The van der Waals surface area contributed by atoms with Crippen molar-refractivity contribution in [2.75, 3.05) is 38.8 Å². The molecule has 142 valence electrons. The lowest BCUT2D eigenvalue weighted by Gasteiger charge is -2.31. The number of likely N-dealkylation sites (tertiary alicyclic amines) is 1. The Bertz CT molecular complexity index is 671. The van der Waals surface area contributed by atoms with Gasteiger partial charge in [0.05, 0.1) is 20.3 Å². The fraction of sp³-hybridized carbons (Fsp3) is 0.579. The number of nitrogens with zero attached hydrogens (tertiary/aromatic N) is 2. The van der Waals surface area contributed by atoms with Crippen molar-refractivity contribution in [2.24, 2.45) is 5.92 Å². The first-order valence-electron chi connectivity index (χ1n) is 9.09. The van der Waals surface area contributed by atoms with Gasteiger partial charge in [-0.15, -0.1) is 0 Å². The van der Waals surface area contributed by atoms with E-state index in [0.29, 0.717) is 30.4 Å². The highest BCUT2D eigenvalue weighted by Gasteiger charge is 2.33. The summed E-state index contributed by atoms with van der Waals surface area (Å²) < 4.78 is 10.5. The standard InChI is InChI=1S/C19H27N3O4/c1-13-6-8-21(9-7-13)19(24)20-14-10-18(23)22(12-14)15-4-5-16(25-2)17(11-15)26-3/h4-5,11,13-14H,6-10,12H2,1-3H3,(H,20,24)/t14-/m0/s1. The molecule has 2 saturated heterocycles. The van der Waals surface area contributed by atoms with Crippen LogP contribution >= 0.6 is 0 Å². The summed E-state index contributed by atoms with van der Waals surface area (Å²) in [6.07, 6.45) is 2.38. The fourth-order valence-electron chi connectivity index (χ4n) is 3.52. The number of hydrogen-bond donors (Lipinski definition) is 1. The first-order valence-corrected chi connectivity index (χ1v) is 9.09. The van der Waals surface area contributed by atoms with Gasteiger partial charge in [-0.3, -0.25) is 4.79 Å². The molecule has 1 N–H and O–H groups in total. The predicted molar refractivity (Wildman–Crippen MR) is 98.8 cm³/mol. The summed E-state index contributed by atoms with van der Waals surface area (Å²) in [4.78, 5) is 28.4. The minimum atomic E-state index is -0.178. The van der Waals surface area contributed by atoms with Crippen LogP contribution in [-0.2, 0) is 4.79 Å². The smallest absolute Gasteiger partial charge is 0.317 e. The zero-order valence-corrected chi connectivity index (χ0v) is 15.7. The van der Waals surface area contributed by atoms with E-state index < -0.39 is 0 Å². The predicted octanol–water partition coefficient (Wildman–Crippen LogP) is 2.25. The molecule has 3 rings (SSSR count). The van der Waals surface area contributed by atoms with E-state index >= 15 is 0 Å². The van der Waals surface area contributed by atoms with Crippen LogP contribution in [0.5, 0.6) is 11.5 Å². The molecule has 1 aromatic rings. The Balaban J connectivity index is 1.62. The lowest BCUT2D eigenvalue weighted by molar-refractivity contribution is -0.117. The van der Waals surface area contributed by atoms with Crippen molar-refractivity contribution in [3.63, 3.8) is 0 Å². The highest BCUT2D eigenvalue weighted by Crippen LogP contribution is 2.33. The number of piperidine rings is 1. The third-order valence-corrected chi connectivity index (χ3v) is 5.20. The first-order chi connectivity index (χ1) is 12.5. The number of rotatable bonds is 4. The molecule has 0 aliphatic carbocycles. The monoisotopic (exact) mass is 361 g/mol. The maximum atomic E-state index is 12.4. The summed E-state index contributed by atoms with van der Waals surface area (Å²) in [5.41, 5.74) is 0.746. The van der Waals surface area contributed by atoms with Gasteiger partial charge >= 0.3 is 6.03 Å². The number of carbonyl (C=O) groups is 2. The Labute approximate surface area is 154 Å². The van der Waals surface area contributed by atoms with E-state index in [9.17, 15) is 9.59 Å². The van der Waals surface area contributed by atoms with Gasteiger partial charge in [-0.05, 0) is 30.9 Å². The second-order valence-corrected chi connectivity index (χ2v) is 7.06. The second-order valence-electron chi connectivity index (χ2n) is 7.06. The molecule has 0 saturated carbocycles. The molecule has 0 aromatic heterocycles. The average molecular weight is 361 g/mol. The molecule has 1 atom stereocenters. The number of urea groups is 1. The zero-order chi connectivity index (χ0) is 18.7. The minimum Gasteiger partial charge on any atom is -0.493 e. The van der Waals surface area contributed by atoms with Gasteiger partial charge in [-0.25, -0.2) is 4.79 Å². The molecule has 0 radical (unpaired) electrons. The molecular formula is C19H27N3O4. The van der Waals surface area contributed by atoms with Crippen LogP contribution in [0.4, 0.5) is 10.5 Å². The summed E-state index contributed by atoms with van der Waals surface area (Å²) in [6, 6.07) is 5.15. The number of amides is 3. The first kappa shape index (κ1) is 18.4. The summed E-state index contributed by atoms with van der Waals surface area (Å²) in [7, 11) is 3.14. The molecule has 2 aliphatic rings. The number of carbonyl (C=O) groups excluding carboxylic acids is 2. The average Bonchev–Trinajstić information content (AvgIpc) is 3.01. The molecule has 2 heterocycles. The number of benzene rings is 1. The van der Waals surface area contributed by atoms with E-state index in [1.165, 1.54) is 0 Å². The largest absolute Gasteiger partial charge is 0.493 e. The Morgan fingerprint density at radius 3 is 2.50 bits per heavy atom. The van der Waals surface area contributed by atoms with Gasteiger partial charge in [-0.2, -0.15) is 0 Å². The van der Waals surface area contributed by atoms with E-state index in [0.717, 1.165) is 31.6 Å². The van der Waals surface area contributed by atoms with Crippen LogP contribution in [-0.4, -0.2) is 56.7 Å². The second kappa shape index (κ2) is 7.85. The highest BCUT2D eigenvalue weighted by atomic mass is 16.5. The van der Waals surface area contributed by atoms with Crippen molar-refractivity contribution in [1.82, 2.24) is 10.2 Å². The molecule has 3 amide bonds. The quantitative estimate of drug-likeness (QED) is 0.893. The molecule has 2 fully saturated rings. The molecule has 7 heteroatoms. The van der Waals surface area contributed by atoms with Crippen molar-refractivity contribution in [1.29, 1.82) is 0 Å². The molecule has 1 aromatic carbocycles. The van der Waals surface area contributed by atoms with Gasteiger partial charge in [-0.1, -0.05) is 6.92 Å². The van der Waals surface area contributed by atoms with Gasteiger partial charge < -0.3 is 24.6 Å². The molecular weight excluding hydrogens is 334 g/mol. The van der Waals surface area contributed by atoms with Crippen molar-refractivity contribution in [2.45, 2.75) is 32.2 Å². The Kier molecular flexibility index (Phi) is 5.54. The van der Waals surface area contributed by atoms with E-state index in [1.54, 1.807) is 31.3 Å². The fourth-order valence-corrected chi connectivity index (χ4v) is 3.52.